The third-order valence-corrected chi connectivity index (χ3v) is 10.6. The molecule has 47 heavy (non-hydrogen) atoms. The van der Waals surface area contributed by atoms with E-state index in [9.17, 15) is 0 Å². The molecule has 224 valence electrons. The molecule has 0 radical (unpaired) electrons. The van der Waals surface area contributed by atoms with E-state index >= 15 is 0 Å². The van der Waals surface area contributed by atoms with Crippen LogP contribution in [0, 0.1) is 0 Å². The second-order valence-electron chi connectivity index (χ2n) is 12.8. The zero-order valence-corrected chi connectivity index (χ0v) is 26.7. The van der Waals surface area contributed by atoms with Crippen molar-refractivity contribution in [3.63, 3.8) is 0 Å². The van der Waals surface area contributed by atoms with Crippen molar-refractivity contribution in [3.8, 4) is 44.6 Å². The van der Waals surface area contributed by atoms with Gasteiger partial charge in [-0.2, -0.15) is 0 Å². The van der Waals surface area contributed by atoms with Crippen molar-refractivity contribution in [1.29, 1.82) is 0 Å². The lowest BCUT2D eigenvalue weighted by molar-refractivity contribution is 0.490. The Kier molecular flexibility index (Phi) is 6.33. The quantitative estimate of drug-likeness (QED) is 0.183. The van der Waals surface area contributed by atoms with E-state index in [4.69, 9.17) is 9.97 Å². The van der Waals surface area contributed by atoms with Gasteiger partial charge in [-0.1, -0.05) is 135 Å². The molecule has 0 aliphatic heterocycles. The van der Waals surface area contributed by atoms with Crippen LogP contribution in [0.15, 0.2) is 146 Å². The summed E-state index contributed by atoms with van der Waals surface area (Å²) in [6, 6.07) is 50.8. The van der Waals surface area contributed by atoms with Crippen LogP contribution in [0.25, 0.3) is 77.2 Å². The molecule has 0 spiro atoms. The van der Waals surface area contributed by atoms with Crippen molar-refractivity contribution in [2.45, 2.75) is 32.1 Å². The van der Waals surface area contributed by atoms with Crippen LogP contribution in [0.5, 0.6) is 0 Å². The zero-order chi connectivity index (χ0) is 31.5. The Bertz CT molecular complexity index is 2470. The molecule has 1 aliphatic carbocycles. The smallest absolute Gasteiger partial charge is 0.0979 e. The van der Waals surface area contributed by atoms with Crippen molar-refractivity contribution in [3.05, 3.63) is 157 Å². The molecule has 0 unspecified atom stereocenters. The Morgan fingerprint density at radius 3 is 1.66 bits per heavy atom. The van der Waals surface area contributed by atoms with Crippen molar-refractivity contribution in [2.24, 2.45) is 0 Å². The van der Waals surface area contributed by atoms with Gasteiger partial charge in [0.15, 0.2) is 0 Å². The van der Waals surface area contributed by atoms with Gasteiger partial charge in [-0.05, 0) is 86.3 Å². The Morgan fingerprint density at radius 1 is 0.447 bits per heavy atom. The highest BCUT2D eigenvalue weighted by Crippen LogP contribution is 2.53. The SMILES string of the molecule is CCC1(CC)c2ccccc2-c2ccc(-c3cccc(-c4cccc(-c5cnc6c7ccccc7c7ccccc7c6n5)c4)c3)cc21. The summed E-state index contributed by atoms with van der Waals surface area (Å²) in [5, 5.41) is 4.68. The third kappa shape index (κ3) is 4.18. The van der Waals surface area contributed by atoms with Gasteiger partial charge in [0.25, 0.3) is 0 Å². The van der Waals surface area contributed by atoms with Crippen molar-refractivity contribution < 1.29 is 0 Å². The van der Waals surface area contributed by atoms with Gasteiger partial charge in [0.2, 0.25) is 0 Å². The second kappa shape index (κ2) is 10.7. The molecule has 1 heterocycles. The van der Waals surface area contributed by atoms with Crippen LogP contribution in [0.1, 0.15) is 37.8 Å². The molecule has 1 aromatic heterocycles. The average molecular weight is 603 g/mol. The van der Waals surface area contributed by atoms with E-state index < -0.39 is 0 Å². The summed E-state index contributed by atoms with van der Waals surface area (Å²) in [6.45, 7) is 4.67. The number of hydrogen-bond donors (Lipinski definition) is 0. The minimum atomic E-state index is 0.0619. The highest BCUT2D eigenvalue weighted by atomic mass is 14.8. The van der Waals surface area contributed by atoms with E-state index in [2.05, 4.69) is 153 Å². The Morgan fingerprint density at radius 2 is 0.979 bits per heavy atom. The van der Waals surface area contributed by atoms with Gasteiger partial charge >= 0.3 is 0 Å². The standard InChI is InChI=1S/C45H34N2/c1-3-45(4-2)40-22-10-9-19-36(40)37-24-23-32(27-41(37)45)30-14-11-13-29(25-30)31-15-12-16-33(26-31)42-28-46-43-38-20-7-5-17-34(38)35-18-6-8-21-39(35)44(43)47-42/h5-28H,3-4H2,1-2H3. The number of rotatable bonds is 5. The van der Waals surface area contributed by atoms with Gasteiger partial charge in [0.05, 0.1) is 22.9 Å². The summed E-state index contributed by atoms with van der Waals surface area (Å²) < 4.78 is 0. The first-order chi connectivity index (χ1) is 23.2. The largest absolute Gasteiger partial charge is 0.252 e. The van der Waals surface area contributed by atoms with Gasteiger partial charge in [0.1, 0.15) is 0 Å². The summed E-state index contributed by atoms with van der Waals surface area (Å²) >= 11 is 0. The Balaban J connectivity index is 1.12. The van der Waals surface area contributed by atoms with E-state index in [1.54, 1.807) is 0 Å². The maximum Gasteiger partial charge on any atom is 0.0979 e. The van der Waals surface area contributed by atoms with E-state index in [-0.39, 0.29) is 5.41 Å². The van der Waals surface area contributed by atoms with Gasteiger partial charge in [0, 0.05) is 21.8 Å². The molecule has 0 amide bonds. The lowest BCUT2D eigenvalue weighted by atomic mass is 9.73. The van der Waals surface area contributed by atoms with Gasteiger partial charge in [-0.15, -0.1) is 0 Å². The molecule has 0 fully saturated rings. The normalized spacial score (nSPS) is 13.2. The molecular formula is C45H34N2. The van der Waals surface area contributed by atoms with Gasteiger partial charge < -0.3 is 0 Å². The highest BCUT2D eigenvalue weighted by Gasteiger charge is 2.40. The summed E-state index contributed by atoms with van der Waals surface area (Å²) in [4.78, 5) is 10.2. The molecule has 0 saturated heterocycles. The minimum absolute atomic E-state index is 0.0619. The fourth-order valence-corrected chi connectivity index (χ4v) is 8.15. The van der Waals surface area contributed by atoms with E-state index in [1.807, 2.05) is 6.20 Å². The topological polar surface area (TPSA) is 25.8 Å². The lowest BCUT2D eigenvalue weighted by Gasteiger charge is -2.30. The van der Waals surface area contributed by atoms with Crippen LogP contribution in [0.4, 0.5) is 0 Å². The first-order valence-electron chi connectivity index (χ1n) is 16.7. The van der Waals surface area contributed by atoms with Crippen LogP contribution in [-0.2, 0) is 5.41 Å². The zero-order valence-electron chi connectivity index (χ0n) is 26.7. The summed E-state index contributed by atoms with van der Waals surface area (Å²) in [7, 11) is 0. The predicted molar refractivity (Wildman–Crippen MR) is 198 cm³/mol. The number of fused-ring (bicyclic) bond motifs is 9. The fraction of sp³-hybridized carbons (Fsp3) is 0.111. The minimum Gasteiger partial charge on any atom is -0.252 e. The molecule has 0 N–H and O–H groups in total. The van der Waals surface area contributed by atoms with Crippen LogP contribution < -0.4 is 0 Å². The van der Waals surface area contributed by atoms with Crippen LogP contribution in [0.3, 0.4) is 0 Å². The molecular weight excluding hydrogens is 569 g/mol. The third-order valence-electron chi connectivity index (χ3n) is 10.6. The Hall–Kier alpha value is -5.60. The lowest BCUT2D eigenvalue weighted by Crippen LogP contribution is -2.23. The predicted octanol–water partition coefficient (Wildman–Crippen LogP) is 12.0. The number of benzene rings is 7. The van der Waals surface area contributed by atoms with E-state index in [0.717, 1.165) is 45.9 Å². The fourth-order valence-electron chi connectivity index (χ4n) is 8.15. The van der Waals surface area contributed by atoms with Crippen molar-refractivity contribution in [1.82, 2.24) is 9.97 Å². The molecule has 0 bridgehead atoms. The summed E-state index contributed by atoms with van der Waals surface area (Å²) in [5.74, 6) is 0. The molecule has 2 nitrogen and oxygen atoms in total. The van der Waals surface area contributed by atoms with Crippen LogP contribution in [0.2, 0.25) is 0 Å². The monoisotopic (exact) mass is 602 g/mol. The molecule has 0 saturated carbocycles. The molecule has 0 atom stereocenters. The average Bonchev–Trinajstić information content (AvgIpc) is 3.44. The number of aromatic nitrogens is 2. The number of nitrogens with zero attached hydrogens (tertiary/aromatic N) is 2. The molecule has 2 heteroatoms. The first-order valence-corrected chi connectivity index (χ1v) is 16.7. The van der Waals surface area contributed by atoms with Gasteiger partial charge in [-0.3, -0.25) is 4.98 Å². The first kappa shape index (κ1) is 27.7. The maximum atomic E-state index is 5.24. The van der Waals surface area contributed by atoms with Crippen LogP contribution >= 0.6 is 0 Å². The van der Waals surface area contributed by atoms with Crippen LogP contribution in [-0.4, -0.2) is 9.97 Å². The maximum absolute atomic E-state index is 5.24. The van der Waals surface area contributed by atoms with E-state index in [1.165, 1.54) is 55.3 Å². The summed E-state index contributed by atoms with van der Waals surface area (Å²) in [5.41, 5.74) is 14.5. The molecule has 7 aromatic carbocycles. The van der Waals surface area contributed by atoms with Gasteiger partial charge in [-0.25, -0.2) is 4.98 Å². The summed E-state index contributed by atoms with van der Waals surface area (Å²) in [6.07, 6.45) is 4.11. The molecule has 8 aromatic rings. The highest BCUT2D eigenvalue weighted by molar-refractivity contribution is 6.23. The Labute approximate surface area is 275 Å². The van der Waals surface area contributed by atoms with Crippen molar-refractivity contribution >= 4 is 32.6 Å². The molecule has 9 rings (SSSR count). The van der Waals surface area contributed by atoms with E-state index in [0.29, 0.717) is 0 Å². The second-order valence-corrected chi connectivity index (χ2v) is 12.8. The molecule has 1 aliphatic rings. The van der Waals surface area contributed by atoms with Crippen molar-refractivity contribution in [2.75, 3.05) is 0 Å². The number of hydrogen-bond acceptors (Lipinski definition) is 2.